The number of likely N-dealkylation sites (N-methyl/N-ethyl adjacent to an activating group) is 1. The second-order valence-electron chi connectivity index (χ2n) is 4.27. The molecule has 0 aliphatic carbocycles. The highest BCUT2D eigenvalue weighted by atomic mass is 35.5. The number of halogens is 4. The summed E-state index contributed by atoms with van der Waals surface area (Å²) in [5, 5.41) is 2.43. The van der Waals surface area contributed by atoms with E-state index >= 15 is 0 Å². The molecule has 0 spiro atoms. The Morgan fingerprint density at radius 2 is 1.95 bits per heavy atom. The summed E-state index contributed by atoms with van der Waals surface area (Å²) in [7, 11) is 0. The van der Waals surface area contributed by atoms with Crippen molar-refractivity contribution < 1.29 is 13.2 Å². The smallest absolute Gasteiger partial charge is 0.369 e. The van der Waals surface area contributed by atoms with Gasteiger partial charge in [0, 0.05) is 19.2 Å². The molecule has 1 rings (SSSR count). The van der Waals surface area contributed by atoms with E-state index in [1.807, 2.05) is 6.92 Å². The van der Waals surface area contributed by atoms with Gasteiger partial charge in [0.2, 0.25) is 5.28 Å². The highest BCUT2D eigenvalue weighted by molar-refractivity contribution is 6.28. The van der Waals surface area contributed by atoms with Crippen molar-refractivity contribution in [3.05, 3.63) is 17.0 Å². The lowest BCUT2D eigenvalue weighted by Gasteiger charge is -2.19. The Kier molecular flexibility index (Phi) is 6.48. The van der Waals surface area contributed by atoms with E-state index in [0.29, 0.717) is 6.54 Å². The van der Waals surface area contributed by atoms with Gasteiger partial charge < -0.3 is 10.2 Å². The Labute approximate surface area is 121 Å². The number of nitrogens with zero attached hydrogens (tertiary/aromatic N) is 3. The van der Waals surface area contributed by atoms with Gasteiger partial charge in [-0.25, -0.2) is 9.97 Å². The van der Waals surface area contributed by atoms with Crippen LogP contribution in [0.5, 0.6) is 0 Å². The molecule has 0 saturated heterocycles. The molecule has 1 aromatic heterocycles. The second kappa shape index (κ2) is 7.64. The van der Waals surface area contributed by atoms with Gasteiger partial charge in [-0.2, -0.15) is 13.2 Å². The van der Waals surface area contributed by atoms with Crippen molar-refractivity contribution >= 4 is 17.4 Å². The topological polar surface area (TPSA) is 41.0 Å². The van der Waals surface area contributed by atoms with Gasteiger partial charge in [0.25, 0.3) is 0 Å². The molecule has 1 N–H and O–H groups in total. The van der Waals surface area contributed by atoms with Gasteiger partial charge in [-0.05, 0) is 31.1 Å². The van der Waals surface area contributed by atoms with Crippen molar-refractivity contribution in [3.63, 3.8) is 0 Å². The quantitative estimate of drug-likeness (QED) is 0.785. The summed E-state index contributed by atoms with van der Waals surface area (Å²) in [6.07, 6.45) is -3.49. The van der Waals surface area contributed by atoms with Crippen molar-refractivity contribution in [1.82, 2.24) is 14.9 Å². The zero-order valence-electron chi connectivity index (χ0n) is 11.5. The first-order valence-corrected chi connectivity index (χ1v) is 6.82. The molecule has 8 heteroatoms. The number of anilines is 1. The van der Waals surface area contributed by atoms with E-state index in [1.165, 1.54) is 0 Å². The maximum absolute atomic E-state index is 12.6. The predicted molar refractivity (Wildman–Crippen MR) is 72.9 cm³/mol. The molecule has 0 saturated carbocycles. The Morgan fingerprint density at radius 3 is 2.50 bits per heavy atom. The summed E-state index contributed by atoms with van der Waals surface area (Å²) in [6, 6.07) is 0.863. The molecular weight excluding hydrogens is 293 g/mol. The normalized spacial score (nSPS) is 11.9. The van der Waals surface area contributed by atoms with Crippen LogP contribution in [0.3, 0.4) is 0 Å². The van der Waals surface area contributed by atoms with Crippen LogP contribution in [0.15, 0.2) is 6.07 Å². The predicted octanol–water partition coefficient (Wildman–Crippen LogP) is 3.29. The number of nitrogens with one attached hydrogen (secondary N) is 1. The molecule has 0 fully saturated rings. The highest BCUT2D eigenvalue weighted by Crippen LogP contribution is 2.29. The minimum Gasteiger partial charge on any atom is -0.369 e. The van der Waals surface area contributed by atoms with E-state index in [1.54, 1.807) is 0 Å². The average Bonchev–Trinajstić information content (AvgIpc) is 2.36. The van der Waals surface area contributed by atoms with Crippen molar-refractivity contribution in [1.29, 1.82) is 0 Å². The number of aromatic nitrogens is 2. The fourth-order valence-corrected chi connectivity index (χ4v) is 1.92. The number of hydrogen-bond acceptors (Lipinski definition) is 4. The first-order valence-electron chi connectivity index (χ1n) is 6.44. The van der Waals surface area contributed by atoms with Crippen molar-refractivity contribution in [2.75, 3.05) is 31.5 Å². The molecule has 1 heterocycles. The zero-order valence-corrected chi connectivity index (χ0v) is 12.2. The van der Waals surface area contributed by atoms with E-state index in [9.17, 15) is 13.2 Å². The molecule has 0 bridgehead atoms. The lowest BCUT2D eigenvalue weighted by molar-refractivity contribution is -0.141. The zero-order chi connectivity index (χ0) is 15.2. The molecule has 0 unspecified atom stereocenters. The van der Waals surface area contributed by atoms with Gasteiger partial charge in [0.05, 0.1) is 0 Å². The van der Waals surface area contributed by atoms with Gasteiger partial charge in [-0.1, -0.05) is 13.8 Å². The summed E-state index contributed by atoms with van der Waals surface area (Å²) in [5.74, 6) is 0.0878. The van der Waals surface area contributed by atoms with Gasteiger partial charge >= 0.3 is 6.18 Å². The minimum absolute atomic E-state index is 0.0878. The van der Waals surface area contributed by atoms with Crippen molar-refractivity contribution in [2.45, 2.75) is 26.4 Å². The fourth-order valence-electron chi connectivity index (χ4n) is 1.74. The van der Waals surface area contributed by atoms with Crippen LogP contribution in [-0.4, -0.2) is 41.0 Å². The third-order valence-corrected chi connectivity index (χ3v) is 2.88. The van der Waals surface area contributed by atoms with Crippen LogP contribution in [0.2, 0.25) is 5.28 Å². The Bertz CT molecular complexity index is 426. The van der Waals surface area contributed by atoms with Crippen LogP contribution < -0.4 is 5.32 Å². The lowest BCUT2D eigenvalue weighted by Crippen LogP contribution is -2.29. The molecule has 0 amide bonds. The minimum atomic E-state index is -4.53. The molecule has 114 valence electrons. The van der Waals surface area contributed by atoms with Gasteiger partial charge in [-0.3, -0.25) is 0 Å². The molecular formula is C12H18ClF3N4. The maximum atomic E-state index is 12.6. The van der Waals surface area contributed by atoms with E-state index in [0.717, 1.165) is 32.1 Å². The third-order valence-electron chi connectivity index (χ3n) is 2.71. The molecule has 20 heavy (non-hydrogen) atoms. The van der Waals surface area contributed by atoms with Gasteiger partial charge in [0.1, 0.15) is 5.82 Å². The fraction of sp³-hybridized carbons (Fsp3) is 0.667. The number of hydrogen-bond donors (Lipinski definition) is 1. The molecule has 1 aromatic rings. The molecule has 0 radical (unpaired) electrons. The summed E-state index contributed by atoms with van der Waals surface area (Å²) >= 11 is 5.50. The first-order chi connectivity index (χ1) is 9.36. The van der Waals surface area contributed by atoms with Crippen LogP contribution in [0, 0.1) is 0 Å². The number of alkyl halides is 3. The van der Waals surface area contributed by atoms with Gasteiger partial charge in [-0.15, -0.1) is 0 Å². The molecule has 0 aromatic carbocycles. The molecule has 0 aliphatic rings. The SMILES string of the molecule is CCCN(CC)CCNc1cc(C(F)(F)F)nc(Cl)n1. The van der Waals surface area contributed by atoms with E-state index in [2.05, 4.69) is 27.1 Å². The second-order valence-corrected chi connectivity index (χ2v) is 4.60. The van der Waals surface area contributed by atoms with Crippen LogP contribution in [-0.2, 0) is 6.18 Å². The van der Waals surface area contributed by atoms with Crippen LogP contribution in [0.1, 0.15) is 26.0 Å². The maximum Gasteiger partial charge on any atom is 0.433 e. The summed E-state index contributed by atoms with van der Waals surface area (Å²) in [5.41, 5.74) is -1.04. The Morgan fingerprint density at radius 1 is 1.25 bits per heavy atom. The summed E-state index contributed by atoms with van der Waals surface area (Å²) < 4.78 is 37.7. The first kappa shape index (κ1) is 17.0. The van der Waals surface area contributed by atoms with E-state index < -0.39 is 17.2 Å². The lowest BCUT2D eigenvalue weighted by atomic mass is 10.3. The van der Waals surface area contributed by atoms with E-state index in [4.69, 9.17) is 11.6 Å². The molecule has 0 aliphatic heterocycles. The van der Waals surface area contributed by atoms with Crippen LogP contribution in [0.4, 0.5) is 19.0 Å². The summed E-state index contributed by atoms with van der Waals surface area (Å²) in [6.45, 7) is 7.20. The van der Waals surface area contributed by atoms with E-state index in [-0.39, 0.29) is 5.82 Å². The van der Waals surface area contributed by atoms with Crippen LogP contribution in [0.25, 0.3) is 0 Å². The van der Waals surface area contributed by atoms with Crippen molar-refractivity contribution in [2.24, 2.45) is 0 Å². The monoisotopic (exact) mass is 310 g/mol. The van der Waals surface area contributed by atoms with Crippen molar-refractivity contribution in [3.8, 4) is 0 Å². The standard InChI is InChI=1S/C12H18ClF3N4/c1-3-6-20(4-2)7-5-17-10-8-9(12(14,15)16)18-11(13)19-10/h8H,3-7H2,1-2H3,(H,17,18,19). The Balaban J connectivity index is 2.62. The highest BCUT2D eigenvalue weighted by Gasteiger charge is 2.33. The summed E-state index contributed by atoms with van der Waals surface area (Å²) in [4.78, 5) is 9.11. The Hall–Kier alpha value is -1.08. The third kappa shape index (κ3) is 5.50. The number of rotatable bonds is 7. The largest absolute Gasteiger partial charge is 0.433 e. The molecule has 4 nitrogen and oxygen atoms in total. The molecule has 0 atom stereocenters. The average molecular weight is 311 g/mol. The van der Waals surface area contributed by atoms with Gasteiger partial charge in [0.15, 0.2) is 5.69 Å². The van der Waals surface area contributed by atoms with Crippen LogP contribution >= 0.6 is 11.6 Å².